The van der Waals surface area contributed by atoms with Crippen LogP contribution in [0.2, 0.25) is 0 Å². The van der Waals surface area contributed by atoms with Gasteiger partial charge in [-0.15, -0.1) is 0 Å². The molecular weight excluding hydrogens is 330 g/mol. The second-order valence-electron chi connectivity index (χ2n) is 7.39. The molecule has 138 valence electrons. The highest BCUT2D eigenvalue weighted by atomic mass is 16.5. The predicted octanol–water partition coefficient (Wildman–Crippen LogP) is 5.33. The fourth-order valence-corrected chi connectivity index (χ4v) is 4.21. The van der Waals surface area contributed by atoms with E-state index in [4.69, 9.17) is 4.74 Å². The van der Waals surface area contributed by atoms with Gasteiger partial charge in [-0.05, 0) is 59.6 Å². The summed E-state index contributed by atoms with van der Waals surface area (Å²) in [7, 11) is 1.71. The standard InChI is InChI=1S/C25H27NO/c1-27-23-15-11-20(12-16-23)18-26-25-22(17-19-7-3-2-4-8-19)14-13-21-9-5-6-10-24(21)25/h2-12,15-16,22,25-26H,13-14,17-18H2,1H3. The molecule has 1 N–H and O–H groups in total. The Bertz CT molecular complexity index is 857. The van der Waals surface area contributed by atoms with E-state index in [9.17, 15) is 0 Å². The monoisotopic (exact) mass is 357 g/mol. The molecule has 1 aliphatic carbocycles. The van der Waals surface area contributed by atoms with Crippen LogP contribution in [0.5, 0.6) is 5.75 Å². The average Bonchev–Trinajstić information content (AvgIpc) is 2.74. The summed E-state index contributed by atoms with van der Waals surface area (Å²) >= 11 is 0. The quantitative estimate of drug-likeness (QED) is 0.644. The smallest absolute Gasteiger partial charge is 0.118 e. The normalized spacial score (nSPS) is 18.7. The van der Waals surface area contributed by atoms with Crippen LogP contribution in [0.1, 0.15) is 34.7 Å². The van der Waals surface area contributed by atoms with Gasteiger partial charge in [0.2, 0.25) is 0 Å². The van der Waals surface area contributed by atoms with Crippen LogP contribution >= 0.6 is 0 Å². The Labute approximate surface area is 162 Å². The van der Waals surface area contributed by atoms with Crippen molar-refractivity contribution >= 4 is 0 Å². The number of ether oxygens (including phenoxy) is 1. The number of hydrogen-bond donors (Lipinski definition) is 1. The zero-order valence-corrected chi connectivity index (χ0v) is 15.9. The van der Waals surface area contributed by atoms with E-state index in [1.165, 1.54) is 35.1 Å². The first kappa shape index (κ1) is 17.8. The molecule has 3 aromatic carbocycles. The molecule has 2 nitrogen and oxygen atoms in total. The summed E-state index contributed by atoms with van der Waals surface area (Å²) in [6.45, 7) is 0.869. The SMILES string of the molecule is COc1ccc(CNC2c3ccccc3CCC2Cc2ccccc2)cc1. The Hall–Kier alpha value is -2.58. The van der Waals surface area contributed by atoms with E-state index in [2.05, 4.69) is 72.0 Å². The molecule has 4 rings (SSSR count). The Morgan fingerprint density at radius 3 is 2.37 bits per heavy atom. The van der Waals surface area contributed by atoms with Gasteiger partial charge in [0.25, 0.3) is 0 Å². The molecule has 0 aliphatic heterocycles. The van der Waals surface area contributed by atoms with Gasteiger partial charge in [0.1, 0.15) is 5.75 Å². The zero-order chi connectivity index (χ0) is 18.5. The zero-order valence-electron chi connectivity index (χ0n) is 15.9. The van der Waals surface area contributed by atoms with Gasteiger partial charge in [0, 0.05) is 12.6 Å². The lowest BCUT2D eigenvalue weighted by molar-refractivity contribution is 0.316. The number of methoxy groups -OCH3 is 1. The topological polar surface area (TPSA) is 21.3 Å². The molecule has 0 spiro atoms. The van der Waals surface area contributed by atoms with Crippen molar-refractivity contribution in [2.24, 2.45) is 5.92 Å². The van der Waals surface area contributed by atoms with Crippen molar-refractivity contribution in [1.29, 1.82) is 0 Å². The lowest BCUT2D eigenvalue weighted by Crippen LogP contribution is -2.33. The van der Waals surface area contributed by atoms with E-state index in [-0.39, 0.29) is 0 Å². The van der Waals surface area contributed by atoms with Gasteiger partial charge in [0.15, 0.2) is 0 Å². The Balaban J connectivity index is 1.54. The van der Waals surface area contributed by atoms with Gasteiger partial charge >= 0.3 is 0 Å². The van der Waals surface area contributed by atoms with Crippen molar-refractivity contribution in [2.75, 3.05) is 7.11 Å². The molecule has 0 heterocycles. The maximum atomic E-state index is 5.27. The van der Waals surface area contributed by atoms with Crippen molar-refractivity contribution in [1.82, 2.24) is 5.32 Å². The maximum Gasteiger partial charge on any atom is 0.118 e. The van der Waals surface area contributed by atoms with E-state index in [0.717, 1.165) is 18.7 Å². The van der Waals surface area contributed by atoms with E-state index < -0.39 is 0 Å². The van der Waals surface area contributed by atoms with Crippen molar-refractivity contribution in [3.63, 3.8) is 0 Å². The van der Waals surface area contributed by atoms with E-state index >= 15 is 0 Å². The summed E-state index contributed by atoms with van der Waals surface area (Å²) in [6, 6.07) is 28.6. The number of nitrogens with one attached hydrogen (secondary N) is 1. The molecule has 0 radical (unpaired) electrons. The van der Waals surface area contributed by atoms with Gasteiger partial charge in [-0.2, -0.15) is 0 Å². The highest BCUT2D eigenvalue weighted by molar-refractivity contribution is 5.34. The molecule has 27 heavy (non-hydrogen) atoms. The minimum absolute atomic E-state index is 0.386. The first-order valence-corrected chi connectivity index (χ1v) is 9.81. The Morgan fingerprint density at radius 2 is 1.59 bits per heavy atom. The minimum atomic E-state index is 0.386. The van der Waals surface area contributed by atoms with E-state index in [0.29, 0.717) is 12.0 Å². The number of aryl methyl sites for hydroxylation is 1. The molecule has 3 aromatic rings. The number of benzene rings is 3. The molecule has 0 bridgehead atoms. The molecule has 2 unspecified atom stereocenters. The lowest BCUT2D eigenvalue weighted by atomic mass is 9.77. The molecule has 2 atom stereocenters. The predicted molar refractivity (Wildman–Crippen MR) is 111 cm³/mol. The highest BCUT2D eigenvalue weighted by Crippen LogP contribution is 2.36. The molecule has 2 heteroatoms. The van der Waals surface area contributed by atoms with Gasteiger partial charge in [-0.25, -0.2) is 0 Å². The molecule has 0 fully saturated rings. The van der Waals surface area contributed by atoms with Crippen molar-refractivity contribution in [3.05, 3.63) is 101 Å². The van der Waals surface area contributed by atoms with E-state index in [1.807, 2.05) is 12.1 Å². The second kappa shape index (κ2) is 8.41. The van der Waals surface area contributed by atoms with Crippen molar-refractivity contribution in [2.45, 2.75) is 31.8 Å². The second-order valence-corrected chi connectivity index (χ2v) is 7.39. The number of rotatable bonds is 6. The van der Waals surface area contributed by atoms with Crippen LogP contribution in [0, 0.1) is 5.92 Å². The third-order valence-electron chi connectivity index (χ3n) is 5.67. The van der Waals surface area contributed by atoms with Crippen LogP contribution in [0.25, 0.3) is 0 Å². The number of hydrogen-bond acceptors (Lipinski definition) is 2. The molecule has 0 aromatic heterocycles. The largest absolute Gasteiger partial charge is 0.497 e. The minimum Gasteiger partial charge on any atom is -0.497 e. The van der Waals surface area contributed by atoms with Gasteiger partial charge in [-0.3, -0.25) is 0 Å². The number of fused-ring (bicyclic) bond motifs is 1. The summed E-state index contributed by atoms with van der Waals surface area (Å²) in [5, 5.41) is 3.86. The highest BCUT2D eigenvalue weighted by Gasteiger charge is 2.29. The van der Waals surface area contributed by atoms with Gasteiger partial charge < -0.3 is 10.1 Å². The average molecular weight is 357 g/mol. The Morgan fingerprint density at radius 1 is 0.852 bits per heavy atom. The molecule has 0 saturated heterocycles. The molecule has 1 aliphatic rings. The molecule has 0 amide bonds. The van der Waals surface area contributed by atoms with E-state index in [1.54, 1.807) is 7.11 Å². The van der Waals surface area contributed by atoms with Crippen LogP contribution in [0.4, 0.5) is 0 Å². The third kappa shape index (κ3) is 4.23. The Kier molecular flexibility index (Phi) is 5.55. The summed E-state index contributed by atoms with van der Waals surface area (Å²) in [6.07, 6.45) is 3.52. The van der Waals surface area contributed by atoms with Crippen LogP contribution in [0.15, 0.2) is 78.9 Å². The van der Waals surface area contributed by atoms with Crippen LogP contribution in [0.3, 0.4) is 0 Å². The van der Waals surface area contributed by atoms with Crippen molar-refractivity contribution < 1.29 is 4.74 Å². The fraction of sp³-hybridized carbons (Fsp3) is 0.280. The van der Waals surface area contributed by atoms with Crippen LogP contribution in [-0.2, 0) is 19.4 Å². The maximum absolute atomic E-state index is 5.27. The van der Waals surface area contributed by atoms with Gasteiger partial charge in [-0.1, -0.05) is 66.7 Å². The fourth-order valence-electron chi connectivity index (χ4n) is 4.21. The summed E-state index contributed by atoms with van der Waals surface area (Å²) in [5.41, 5.74) is 5.68. The summed E-state index contributed by atoms with van der Waals surface area (Å²) in [4.78, 5) is 0. The molecular formula is C25H27NO. The summed E-state index contributed by atoms with van der Waals surface area (Å²) in [5.74, 6) is 1.52. The summed E-state index contributed by atoms with van der Waals surface area (Å²) < 4.78 is 5.27. The molecule has 0 saturated carbocycles. The van der Waals surface area contributed by atoms with Gasteiger partial charge in [0.05, 0.1) is 7.11 Å². The van der Waals surface area contributed by atoms with Crippen LogP contribution < -0.4 is 10.1 Å². The van der Waals surface area contributed by atoms with Crippen LogP contribution in [-0.4, -0.2) is 7.11 Å². The van der Waals surface area contributed by atoms with Crippen molar-refractivity contribution in [3.8, 4) is 5.75 Å². The first-order chi connectivity index (χ1) is 13.3. The first-order valence-electron chi connectivity index (χ1n) is 9.81. The third-order valence-corrected chi connectivity index (χ3v) is 5.67. The lowest BCUT2D eigenvalue weighted by Gasteiger charge is -2.35.